The van der Waals surface area contributed by atoms with Crippen LogP contribution in [0.25, 0.3) is 0 Å². The maximum absolute atomic E-state index is 3.50. The summed E-state index contributed by atoms with van der Waals surface area (Å²) >= 11 is 0. The molecule has 1 aromatic rings. The van der Waals surface area contributed by atoms with Crippen molar-refractivity contribution in [1.82, 2.24) is 5.32 Å². The van der Waals surface area contributed by atoms with Crippen molar-refractivity contribution in [1.29, 1.82) is 0 Å². The van der Waals surface area contributed by atoms with Crippen molar-refractivity contribution in [3.8, 4) is 0 Å². The maximum atomic E-state index is 3.50. The Morgan fingerprint density at radius 1 is 1.33 bits per heavy atom. The number of benzene rings is 1. The molecule has 1 aliphatic carbocycles. The number of rotatable bonds is 1. The molecule has 2 heteroatoms. The highest BCUT2D eigenvalue weighted by atomic mass is 15.2. The highest BCUT2D eigenvalue weighted by molar-refractivity contribution is 5.57. The van der Waals surface area contributed by atoms with Gasteiger partial charge >= 0.3 is 0 Å². The summed E-state index contributed by atoms with van der Waals surface area (Å²) in [4.78, 5) is 2.59. The SMILES string of the molecule is Cc1ccc2c(c1)CNCCN2C1CC1. The lowest BCUT2D eigenvalue weighted by Gasteiger charge is -2.24. The molecule has 0 bridgehead atoms. The number of nitrogens with one attached hydrogen (secondary N) is 1. The number of aryl methyl sites for hydroxylation is 1. The van der Waals surface area contributed by atoms with E-state index in [0.29, 0.717) is 0 Å². The van der Waals surface area contributed by atoms with E-state index >= 15 is 0 Å². The summed E-state index contributed by atoms with van der Waals surface area (Å²) in [5, 5.41) is 3.50. The summed E-state index contributed by atoms with van der Waals surface area (Å²) in [6, 6.07) is 7.69. The summed E-state index contributed by atoms with van der Waals surface area (Å²) < 4.78 is 0. The highest BCUT2D eigenvalue weighted by Crippen LogP contribution is 2.34. The van der Waals surface area contributed by atoms with Gasteiger partial charge in [0.05, 0.1) is 0 Å². The molecule has 1 aromatic carbocycles. The summed E-state index contributed by atoms with van der Waals surface area (Å²) in [5.74, 6) is 0. The largest absolute Gasteiger partial charge is 0.367 e. The van der Waals surface area contributed by atoms with Crippen LogP contribution in [0, 0.1) is 6.92 Å². The summed E-state index contributed by atoms with van der Waals surface area (Å²) in [6.07, 6.45) is 2.76. The highest BCUT2D eigenvalue weighted by Gasteiger charge is 2.30. The summed E-state index contributed by atoms with van der Waals surface area (Å²) in [6.45, 7) is 5.48. The van der Waals surface area contributed by atoms with E-state index in [9.17, 15) is 0 Å². The first-order valence-corrected chi connectivity index (χ1v) is 5.91. The molecule has 0 radical (unpaired) electrons. The van der Waals surface area contributed by atoms with Gasteiger partial charge in [0, 0.05) is 31.4 Å². The molecular weight excluding hydrogens is 184 g/mol. The number of fused-ring (bicyclic) bond motifs is 1. The first-order valence-electron chi connectivity index (χ1n) is 5.91. The van der Waals surface area contributed by atoms with Gasteiger partial charge in [-0.1, -0.05) is 17.7 Å². The molecule has 0 unspecified atom stereocenters. The predicted molar refractivity (Wildman–Crippen MR) is 63.3 cm³/mol. The van der Waals surface area contributed by atoms with Crippen molar-refractivity contribution < 1.29 is 0 Å². The minimum absolute atomic E-state index is 0.825. The first kappa shape index (κ1) is 9.22. The van der Waals surface area contributed by atoms with Crippen molar-refractivity contribution in [2.75, 3.05) is 18.0 Å². The minimum Gasteiger partial charge on any atom is -0.367 e. The topological polar surface area (TPSA) is 15.3 Å². The lowest BCUT2D eigenvalue weighted by Crippen LogP contribution is -2.30. The van der Waals surface area contributed by atoms with Crippen LogP contribution < -0.4 is 10.2 Å². The van der Waals surface area contributed by atoms with E-state index in [1.54, 1.807) is 0 Å². The molecule has 15 heavy (non-hydrogen) atoms. The molecule has 2 aliphatic rings. The van der Waals surface area contributed by atoms with Gasteiger partial charge in [0.1, 0.15) is 0 Å². The fourth-order valence-electron chi connectivity index (χ4n) is 2.44. The van der Waals surface area contributed by atoms with Crippen molar-refractivity contribution >= 4 is 5.69 Å². The van der Waals surface area contributed by atoms with Gasteiger partial charge in [-0.15, -0.1) is 0 Å². The second-order valence-electron chi connectivity index (χ2n) is 4.73. The average Bonchev–Trinajstić information content (AvgIpc) is 3.01. The number of nitrogens with zero attached hydrogens (tertiary/aromatic N) is 1. The average molecular weight is 202 g/mol. The molecule has 80 valence electrons. The molecule has 0 atom stereocenters. The number of hydrogen-bond acceptors (Lipinski definition) is 2. The zero-order chi connectivity index (χ0) is 10.3. The van der Waals surface area contributed by atoms with E-state index in [4.69, 9.17) is 0 Å². The minimum atomic E-state index is 0.825. The van der Waals surface area contributed by atoms with Gasteiger partial charge in [0.25, 0.3) is 0 Å². The quantitative estimate of drug-likeness (QED) is 0.750. The van der Waals surface area contributed by atoms with Crippen molar-refractivity contribution in [3.63, 3.8) is 0 Å². The Hall–Kier alpha value is -1.02. The van der Waals surface area contributed by atoms with Crippen molar-refractivity contribution in [2.24, 2.45) is 0 Å². The van der Waals surface area contributed by atoms with Gasteiger partial charge in [-0.2, -0.15) is 0 Å². The summed E-state index contributed by atoms with van der Waals surface area (Å²) in [5.41, 5.74) is 4.31. The van der Waals surface area contributed by atoms with Crippen LogP contribution in [-0.4, -0.2) is 19.1 Å². The Kier molecular flexibility index (Phi) is 2.17. The first-order chi connectivity index (χ1) is 7.34. The molecule has 1 N–H and O–H groups in total. The van der Waals surface area contributed by atoms with E-state index in [2.05, 4.69) is 35.3 Å². The molecule has 0 spiro atoms. The van der Waals surface area contributed by atoms with Gasteiger partial charge in [-0.05, 0) is 31.4 Å². The molecule has 0 aromatic heterocycles. The standard InChI is InChI=1S/C13H18N2/c1-10-2-5-13-11(8-10)9-14-6-7-15(13)12-3-4-12/h2,5,8,12,14H,3-4,6-7,9H2,1H3. The van der Waals surface area contributed by atoms with Gasteiger partial charge in [-0.25, -0.2) is 0 Å². The lowest BCUT2D eigenvalue weighted by molar-refractivity contribution is 0.687. The molecule has 1 heterocycles. The molecule has 0 amide bonds. The van der Waals surface area contributed by atoms with Gasteiger partial charge in [0.15, 0.2) is 0 Å². The third kappa shape index (κ3) is 1.74. The Morgan fingerprint density at radius 3 is 3.00 bits per heavy atom. The molecule has 1 aliphatic heterocycles. The van der Waals surface area contributed by atoms with Crippen LogP contribution in [0.4, 0.5) is 5.69 Å². The van der Waals surface area contributed by atoms with E-state index < -0.39 is 0 Å². The van der Waals surface area contributed by atoms with Crippen LogP contribution in [0.3, 0.4) is 0 Å². The van der Waals surface area contributed by atoms with Gasteiger partial charge in [-0.3, -0.25) is 0 Å². The zero-order valence-corrected chi connectivity index (χ0v) is 9.29. The van der Waals surface area contributed by atoms with E-state index in [1.807, 2.05) is 0 Å². The Morgan fingerprint density at radius 2 is 2.20 bits per heavy atom. The van der Waals surface area contributed by atoms with E-state index in [0.717, 1.165) is 19.1 Å². The Labute approximate surface area is 91.3 Å². The Balaban J connectivity index is 2.00. The third-order valence-corrected chi connectivity index (χ3v) is 3.38. The van der Waals surface area contributed by atoms with E-state index in [1.165, 1.54) is 36.2 Å². The zero-order valence-electron chi connectivity index (χ0n) is 9.29. The lowest BCUT2D eigenvalue weighted by atomic mass is 10.1. The molecule has 1 fully saturated rings. The third-order valence-electron chi connectivity index (χ3n) is 3.38. The molecule has 3 rings (SSSR count). The van der Waals surface area contributed by atoms with Crippen LogP contribution in [0.2, 0.25) is 0 Å². The van der Waals surface area contributed by atoms with Crippen LogP contribution in [-0.2, 0) is 6.54 Å². The van der Waals surface area contributed by atoms with E-state index in [-0.39, 0.29) is 0 Å². The van der Waals surface area contributed by atoms with Crippen LogP contribution in [0.1, 0.15) is 24.0 Å². The Bertz CT molecular complexity index is 369. The smallest absolute Gasteiger partial charge is 0.0414 e. The van der Waals surface area contributed by atoms with Crippen LogP contribution >= 0.6 is 0 Å². The molecule has 1 saturated carbocycles. The fourth-order valence-corrected chi connectivity index (χ4v) is 2.44. The molecular formula is C13H18N2. The van der Waals surface area contributed by atoms with Crippen molar-refractivity contribution in [2.45, 2.75) is 32.4 Å². The molecule has 0 saturated heterocycles. The van der Waals surface area contributed by atoms with Gasteiger partial charge < -0.3 is 10.2 Å². The van der Waals surface area contributed by atoms with Crippen molar-refractivity contribution in [3.05, 3.63) is 29.3 Å². The molecule has 2 nitrogen and oxygen atoms in total. The number of anilines is 1. The summed E-state index contributed by atoms with van der Waals surface area (Å²) in [7, 11) is 0. The van der Waals surface area contributed by atoms with Crippen LogP contribution in [0.5, 0.6) is 0 Å². The maximum Gasteiger partial charge on any atom is 0.0414 e. The predicted octanol–water partition coefficient (Wildman–Crippen LogP) is 2.07. The second-order valence-corrected chi connectivity index (χ2v) is 4.73. The normalized spacial score (nSPS) is 21.0. The number of hydrogen-bond donors (Lipinski definition) is 1. The van der Waals surface area contributed by atoms with Crippen LogP contribution in [0.15, 0.2) is 18.2 Å². The van der Waals surface area contributed by atoms with Gasteiger partial charge in [0.2, 0.25) is 0 Å². The second kappa shape index (κ2) is 3.53. The monoisotopic (exact) mass is 202 g/mol. The fraction of sp³-hybridized carbons (Fsp3) is 0.538.